The fraction of sp³-hybridized carbons (Fsp3) is 0.600. The van der Waals surface area contributed by atoms with Gasteiger partial charge in [-0.15, -0.1) is 11.3 Å². The Morgan fingerprint density at radius 2 is 2.00 bits per heavy atom. The van der Waals surface area contributed by atoms with E-state index in [0.717, 1.165) is 11.3 Å². The molecule has 0 saturated carbocycles. The first kappa shape index (κ1) is 13.2. The lowest BCUT2D eigenvalue weighted by atomic mass is 10.4. The number of hydrogen-bond donors (Lipinski definition) is 0. The lowest BCUT2D eigenvalue weighted by Gasteiger charge is -2.24. The van der Waals surface area contributed by atoms with Gasteiger partial charge in [0.1, 0.15) is 4.21 Å². The van der Waals surface area contributed by atoms with E-state index in [2.05, 4.69) is 0 Å². The Morgan fingerprint density at radius 1 is 1.35 bits per heavy atom. The summed E-state index contributed by atoms with van der Waals surface area (Å²) in [6.45, 7) is 2.74. The second kappa shape index (κ2) is 5.17. The SMILES string of the molecule is CCc1ccc(S(=O)(=O)N2CCS(=O)CC2)s1. The third-order valence-corrected chi connectivity index (χ3v) is 7.59. The number of hydrogen-bond acceptors (Lipinski definition) is 4. The number of rotatable bonds is 3. The van der Waals surface area contributed by atoms with E-state index in [1.54, 1.807) is 6.07 Å². The third-order valence-electron chi connectivity index (χ3n) is 2.72. The van der Waals surface area contributed by atoms with Crippen molar-refractivity contribution < 1.29 is 12.6 Å². The second-order valence-electron chi connectivity index (χ2n) is 3.83. The van der Waals surface area contributed by atoms with E-state index < -0.39 is 20.8 Å². The lowest BCUT2D eigenvalue weighted by molar-refractivity contribution is 0.440. The van der Waals surface area contributed by atoms with Gasteiger partial charge in [0, 0.05) is 40.3 Å². The zero-order chi connectivity index (χ0) is 12.5. The Kier molecular flexibility index (Phi) is 4.02. The molecule has 7 heteroatoms. The van der Waals surface area contributed by atoms with E-state index in [1.165, 1.54) is 15.6 Å². The van der Waals surface area contributed by atoms with E-state index in [0.29, 0.717) is 28.8 Å². The summed E-state index contributed by atoms with van der Waals surface area (Å²) < 4.78 is 37.6. The van der Waals surface area contributed by atoms with Crippen molar-refractivity contribution in [2.45, 2.75) is 17.6 Å². The van der Waals surface area contributed by atoms with Gasteiger partial charge in [0.15, 0.2) is 0 Å². The highest BCUT2D eigenvalue weighted by Gasteiger charge is 2.29. The van der Waals surface area contributed by atoms with Gasteiger partial charge in [0.05, 0.1) is 0 Å². The Balaban J connectivity index is 2.21. The molecule has 0 radical (unpaired) electrons. The van der Waals surface area contributed by atoms with Gasteiger partial charge in [-0.2, -0.15) is 4.31 Å². The van der Waals surface area contributed by atoms with Gasteiger partial charge in [-0.05, 0) is 18.6 Å². The van der Waals surface area contributed by atoms with Crippen LogP contribution in [0, 0.1) is 0 Å². The summed E-state index contributed by atoms with van der Waals surface area (Å²) in [6, 6.07) is 3.53. The molecule has 1 aliphatic rings. The molecule has 0 bridgehead atoms. The molecule has 96 valence electrons. The molecule has 4 nitrogen and oxygen atoms in total. The maximum absolute atomic E-state index is 12.3. The quantitative estimate of drug-likeness (QED) is 0.837. The van der Waals surface area contributed by atoms with Crippen molar-refractivity contribution in [2.24, 2.45) is 0 Å². The minimum Gasteiger partial charge on any atom is -0.259 e. The first-order valence-electron chi connectivity index (χ1n) is 5.48. The van der Waals surface area contributed by atoms with Crippen molar-refractivity contribution in [1.82, 2.24) is 4.31 Å². The molecule has 17 heavy (non-hydrogen) atoms. The number of aryl methyl sites for hydroxylation is 1. The van der Waals surface area contributed by atoms with Crippen LogP contribution in [0.5, 0.6) is 0 Å². The smallest absolute Gasteiger partial charge is 0.252 e. The number of nitrogens with zero attached hydrogens (tertiary/aromatic N) is 1. The van der Waals surface area contributed by atoms with E-state index >= 15 is 0 Å². The summed E-state index contributed by atoms with van der Waals surface area (Å²) in [5.41, 5.74) is 0. The summed E-state index contributed by atoms with van der Waals surface area (Å²) in [7, 11) is -4.21. The van der Waals surface area contributed by atoms with Crippen molar-refractivity contribution in [1.29, 1.82) is 0 Å². The molecule has 1 aliphatic heterocycles. The zero-order valence-corrected chi connectivity index (χ0v) is 12.0. The molecule has 0 unspecified atom stereocenters. The van der Waals surface area contributed by atoms with E-state index in [1.807, 2.05) is 13.0 Å². The lowest BCUT2D eigenvalue weighted by Crippen LogP contribution is -2.41. The van der Waals surface area contributed by atoms with Crippen molar-refractivity contribution in [3.05, 3.63) is 17.0 Å². The normalized spacial score (nSPS) is 19.6. The zero-order valence-electron chi connectivity index (χ0n) is 9.59. The fourth-order valence-corrected chi connectivity index (χ4v) is 5.85. The van der Waals surface area contributed by atoms with Crippen molar-refractivity contribution >= 4 is 32.2 Å². The molecule has 0 amide bonds. The molecule has 1 saturated heterocycles. The minimum atomic E-state index is -3.36. The third kappa shape index (κ3) is 2.78. The highest BCUT2D eigenvalue weighted by molar-refractivity contribution is 7.91. The molecule has 1 aromatic rings. The van der Waals surface area contributed by atoms with Gasteiger partial charge >= 0.3 is 0 Å². The van der Waals surface area contributed by atoms with Gasteiger partial charge in [0.2, 0.25) is 0 Å². The molecule has 0 atom stereocenters. The van der Waals surface area contributed by atoms with Crippen LogP contribution in [0.15, 0.2) is 16.3 Å². The number of sulfonamides is 1. The van der Waals surface area contributed by atoms with Crippen LogP contribution < -0.4 is 0 Å². The highest BCUT2D eigenvalue weighted by Crippen LogP contribution is 2.25. The molecule has 0 spiro atoms. The van der Waals surface area contributed by atoms with Crippen LogP contribution in [-0.2, 0) is 27.2 Å². The molecular formula is C10H15NO3S3. The summed E-state index contributed by atoms with van der Waals surface area (Å²) >= 11 is 1.33. The fourth-order valence-electron chi connectivity index (χ4n) is 1.68. The van der Waals surface area contributed by atoms with Crippen LogP contribution in [0.4, 0.5) is 0 Å². The highest BCUT2D eigenvalue weighted by atomic mass is 32.2. The second-order valence-corrected chi connectivity index (χ2v) is 8.86. The topological polar surface area (TPSA) is 54.5 Å². The summed E-state index contributed by atoms with van der Waals surface area (Å²) in [6.07, 6.45) is 0.851. The minimum absolute atomic E-state index is 0.369. The summed E-state index contributed by atoms with van der Waals surface area (Å²) in [5, 5.41) is 0. The molecule has 0 N–H and O–H groups in total. The molecule has 0 aromatic carbocycles. The van der Waals surface area contributed by atoms with Crippen LogP contribution in [0.25, 0.3) is 0 Å². The predicted molar refractivity (Wildman–Crippen MR) is 70.3 cm³/mol. The molecule has 2 heterocycles. The maximum Gasteiger partial charge on any atom is 0.252 e. The van der Waals surface area contributed by atoms with Crippen LogP contribution >= 0.6 is 11.3 Å². The van der Waals surface area contributed by atoms with Gasteiger partial charge in [-0.1, -0.05) is 6.92 Å². The average Bonchev–Trinajstić information content (AvgIpc) is 2.78. The van der Waals surface area contributed by atoms with Crippen LogP contribution in [0.3, 0.4) is 0 Å². The van der Waals surface area contributed by atoms with Gasteiger partial charge < -0.3 is 0 Å². The summed E-state index contributed by atoms with van der Waals surface area (Å²) in [4.78, 5) is 1.07. The van der Waals surface area contributed by atoms with Crippen molar-refractivity contribution in [2.75, 3.05) is 24.6 Å². The predicted octanol–water partition coefficient (Wildman–Crippen LogP) is 1.06. The monoisotopic (exact) mass is 293 g/mol. The molecule has 1 fully saturated rings. The van der Waals surface area contributed by atoms with Crippen LogP contribution in [-0.4, -0.2) is 41.5 Å². The number of thiophene rings is 1. The summed E-state index contributed by atoms with van der Waals surface area (Å²) in [5.74, 6) is 0.899. The van der Waals surface area contributed by atoms with Gasteiger partial charge in [0.25, 0.3) is 10.0 Å². The van der Waals surface area contributed by atoms with Gasteiger partial charge in [-0.3, -0.25) is 4.21 Å². The first-order valence-corrected chi connectivity index (χ1v) is 9.22. The van der Waals surface area contributed by atoms with E-state index in [4.69, 9.17) is 0 Å². The molecule has 1 aromatic heterocycles. The van der Waals surface area contributed by atoms with Crippen molar-refractivity contribution in [3.63, 3.8) is 0 Å². The van der Waals surface area contributed by atoms with Crippen LogP contribution in [0.2, 0.25) is 0 Å². The Hall–Kier alpha value is -0.240. The molecule has 2 rings (SSSR count). The largest absolute Gasteiger partial charge is 0.259 e. The Bertz CT molecular complexity index is 511. The van der Waals surface area contributed by atoms with E-state index in [-0.39, 0.29) is 0 Å². The van der Waals surface area contributed by atoms with Gasteiger partial charge in [-0.25, -0.2) is 8.42 Å². The molecular weight excluding hydrogens is 278 g/mol. The first-order chi connectivity index (χ1) is 8.04. The maximum atomic E-state index is 12.3. The molecule has 0 aliphatic carbocycles. The average molecular weight is 293 g/mol. The Labute approximate surface area is 108 Å². The Morgan fingerprint density at radius 3 is 2.53 bits per heavy atom. The van der Waals surface area contributed by atoms with Crippen LogP contribution in [0.1, 0.15) is 11.8 Å². The van der Waals surface area contributed by atoms with Crippen molar-refractivity contribution in [3.8, 4) is 0 Å². The van der Waals surface area contributed by atoms with E-state index in [9.17, 15) is 12.6 Å². The standard InChI is InChI=1S/C10H15NO3S3/c1-2-9-3-4-10(15-9)17(13,14)11-5-7-16(12)8-6-11/h3-4H,2,5-8H2,1H3.